The van der Waals surface area contributed by atoms with Crippen LogP contribution in [0.3, 0.4) is 0 Å². The number of hydrogen-bond donors (Lipinski definition) is 2. The van der Waals surface area contributed by atoms with Gasteiger partial charge in [0.2, 0.25) is 10.0 Å². The fraction of sp³-hybridized carbons (Fsp3) is 1.00. The van der Waals surface area contributed by atoms with E-state index >= 15 is 0 Å². The van der Waals surface area contributed by atoms with Gasteiger partial charge < -0.3 is 5.32 Å². The van der Waals surface area contributed by atoms with Gasteiger partial charge >= 0.3 is 0 Å². The van der Waals surface area contributed by atoms with E-state index in [1.54, 1.807) is 0 Å². The Morgan fingerprint density at radius 3 is 2.33 bits per heavy atom. The summed E-state index contributed by atoms with van der Waals surface area (Å²) in [6, 6.07) is 0.716. The van der Waals surface area contributed by atoms with Crippen molar-refractivity contribution in [1.29, 1.82) is 0 Å². The van der Waals surface area contributed by atoms with E-state index in [-0.39, 0.29) is 11.3 Å². The predicted molar refractivity (Wildman–Crippen MR) is 74.0 cm³/mol. The summed E-state index contributed by atoms with van der Waals surface area (Å²) in [5, 5.41) is 3.40. The first kappa shape index (κ1) is 14.3. The highest BCUT2D eigenvalue weighted by Crippen LogP contribution is 2.39. The van der Waals surface area contributed by atoms with Crippen molar-refractivity contribution < 1.29 is 8.42 Å². The van der Waals surface area contributed by atoms with Gasteiger partial charge in [0.05, 0.1) is 5.75 Å². The van der Waals surface area contributed by atoms with Crippen LogP contribution < -0.4 is 10.0 Å². The van der Waals surface area contributed by atoms with Crippen molar-refractivity contribution in [1.82, 2.24) is 10.0 Å². The fourth-order valence-corrected chi connectivity index (χ4v) is 4.01. The average molecular weight is 274 g/mol. The summed E-state index contributed by atoms with van der Waals surface area (Å²) in [7, 11) is -3.11. The van der Waals surface area contributed by atoms with Gasteiger partial charge in [0.1, 0.15) is 0 Å². The molecule has 2 aliphatic rings. The van der Waals surface area contributed by atoms with Crippen LogP contribution in [0.4, 0.5) is 0 Å². The standard InChI is InChI=1S/C13H26N2O2S/c1-13(2,11-5-6-11)15-18(16,17)10-4-3-9-14-12-7-8-12/h11-12,14-15H,3-10H2,1-2H3. The molecule has 2 fully saturated rings. The lowest BCUT2D eigenvalue weighted by molar-refractivity contribution is 0.400. The van der Waals surface area contributed by atoms with Crippen molar-refractivity contribution in [2.24, 2.45) is 5.92 Å². The zero-order valence-electron chi connectivity index (χ0n) is 11.5. The molecule has 0 bridgehead atoms. The third kappa shape index (κ3) is 4.86. The van der Waals surface area contributed by atoms with Crippen LogP contribution in [0.25, 0.3) is 0 Å². The molecule has 2 saturated carbocycles. The molecule has 0 unspecified atom stereocenters. The van der Waals surface area contributed by atoms with Gasteiger partial charge in [0, 0.05) is 11.6 Å². The smallest absolute Gasteiger partial charge is 0.212 e. The molecule has 0 atom stereocenters. The highest BCUT2D eigenvalue weighted by Gasteiger charge is 2.40. The zero-order chi connectivity index (χ0) is 13.2. The van der Waals surface area contributed by atoms with Gasteiger partial charge in [0.25, 0.3) is 0 Å². The summed E-state index contributed by atoms with van der Waals surface area (Å²) in [5.41, 5.74) is -0.259. The average Bonchev–Trinajstić information content (AvgIpc) is 3.10. The Kier molecular flexibility index (Phi) is 4.34. The van der Waals surface area contributed by atoms with Gasteiger partial charge in [-0.25, -0.2) is 13.1 Å². The second-order valence-electron chi connectivity index (χ2n) is 6.35. The van der Waals surface area contributed by atoms with Gasteiger partial charge in [-0.3, -0.25) is 0 Å². The van der Waals surface area contributed by atoms with Gasteiger partial charge in [-0.05, 0) is 64.8 Å². The molecule has 2 rings (SSSR count). The van der Waals surface area contributed by atoms with E-state index < -0.39 is 10.0 Å². The summed E-state index contributed by atoms with van der Waals surface area (Å²) >= 11 is 0. The maximum absolute atomic E-state index is 12.0. The zero-order valence-corrected chi connectivity index (χ0v) is 12.4. The molecule has 2 aliphatic carbocycles. The molecule has 2 N–H and O–H groups in total. The molecule has 0 aromatic heterocycles. The Hall–Kier alpha value is -0.130. The summed E-state index contributed by atoms with van der Waals surface area (Å²) in [6.45, 7) is 4.94. The monoisotopic (exact) mass is 274 g/mol. The Bertz CT molecular complexity index is 370. The Morgan fingerprint density at radius 2 is 1.78 bits per heavy atom. The molecule has 4 nitrogen and oxygen atoms in total. The van der Waals surface area contributed by atoms with Crippen molar-refractivity contribution >= 4 is 10.0 Å². The van der Waals surface area contributed by atoms with Gasteiger partial charge in [-0.2, -0.15) is 0 Å². The van der Waals surface area contributed by atoms with Crippen molar-refractivity contribution in [3.8, 4) is 0 Å². The van der Waals surface area contributed by atoms with Crippen molar-refractivity contribution in [3.05, 3.63) is 0 Å². The first-order valence-corrected chi connectivity index (χ1v) is 8.79. The van der Waals surface area contributed by atoms with Crippen LogP contribution in [0.1, 0.15) is 52.4 Å². The summed E-state index contributed by atoms with van der Waals surface area (Å²) in [4.78, 5) is 0. The lowest BCUT2D eigenvalue weighted by Crippen LogP contribution is -2.46. The molecule has 0 aliphatic heterocycles. The fourth-order valence-electron chi connectivity index (χ4n) is 2.35. The van der Waals surface area contributed by atoms with E-state index in [2.05, 4.69) is 10.0 Å². The number of nitrogens with one attached hydrogen (secondary N) is 2. The Labute approximate surface area is 111 Å². The molecule has 0 amide bonds. The molecular weight excluding hydrogens is 248 g/mol. The Morgan fingerprint density at radius 1 is 1.11 bits per heavy atom. The number of hydrogen-bond acceptors (Lipinski definition) is 3. The second kappa shape index (κ2) is 5.47. The third-order valence-corrected chi connectivity index (χ3v) is 5.53. The first-order valence-electron chi connectivity index (χ1n) is 7.14. The second-order valence-corrected chi connectivity index (χ2v) is 8.19. The van der Waals surface area contributed by atoms with E-state index in [1.807, 2.05) is 13.8 Å². The molecule has 0 heterocycles. The number of sulfonamides is 1. The van der Waals surface area contributed by atoms with Crippen LogP contribution in [0.2, 0.25) is 0 Å². The largest absolute Gasteiger partial charge is 0.314 e. The van der Waals surface area contributed by atoms with Crippen molar-refractivity contribution in [2.75, 3.05) is 12.3 Å². The molecule has 0 spiro atoms. The summed E-state index contributed by atoms with van der Waals surface area (Å²) in [6.07, 6.45) is 6.57. The van der Waals surface area contributed by atoms with Crippen LogP contribution in [-0.4, -0.2) is 32.3 Å². The maximum Gasteiger partial charge on any atom is 0.212 e. The normalized spacial score (nSPS) is 21.2. The van der Waals surface area contributed by atoms with E-state index in [9.17, 15) is 8.42 Å². The predicted octanol–water partition coefficient (Wildman–Crippen LogP) is 1.63. The molecule has 0 aromatic rings. The van der Waals surface area contributed by atoms with Crippen molar-refractivity contribution in [2.45, 2.75) is 64.0 Å². The molecular formula is C13H26N2O2S. The molecule has 0 aromatic carbocycles. The molecule has 106 valence electrons. The highest BCUT2D eigenvalue weighted by atomic mass is 32.2. The first-order chi connectivity index (χ1) is 8.39. The SMILES string of the molecule is CC(C)(NS(=O)(=O)CCCCNC1CC1)C1CC1. The quantitative estimate of drug-likeness (QED) is 0.628. The van der Waals surface area contributed by atoms with Crippen LogP contribution >= 0.6 is 0 Å². The molecule has 0 radical (unpaired) electrons. The Balaban J connectivity index is 1.62. The minimum absolute atomic E-state index is 0.259. The van der Waals surface area contributed by atoms with Crippen LogP contribution in [-0.2, 0) is 10.0 Å². The summed E-state index contributed by atoms with van der Waals surface area (Å²) in [5.74, 6) is 0.791. The molecule has 5 heteroatoms. The van der Waals surface area contributed by atoms with E-state index in [0.29, 0.717) is 12.0 Å². The lowest BCUT2D eigenvalue weighted by Gasteiger charge is -2.25. The van der Waals surface area contributed by atoms with Gasteiger partial charge in [-0.1, -0.05) is 0 Å². The number of rotatable bonds is 9. The van der Waals surface area contributed by atoms with E-state index in [4.69, 9.17) is 0 Å². The van der Waals surface area contributed by atoms with Gasteiger partial charge in [0.15, 0.2) is 0 Å². The van der Waals surface area contributed by atoms with E-state index in [1.165, 1.54) is 12.8 Å². The van der Waals surface area contributed by atoms with Crippen molar-refractivity contribution in [3.63, 3.8) is 0 Å². The topological polar surface area (TPSA) is 58.2 Å². The lowest BCUT2D eigenvalue weighted by atomic mass is 10.0. The number of unbranched alkanes of at least 4 members (excludes halogenated alkanes) is 1. The highest BCUT2D eigenvalue weighted by molar-refractivity contribution is 7.89. The third-order valence-electron chi connectivity index (χ3n) is 3.87. The van der Waals surface area contributed by atoms with Crippen LogP contribution in [0, 0.1) is 5.92 Å². The van der Waals surface area contributed by atoms with Crippen LogP contribution in [0.15, 0.2) is 0 Å². The van der Waals surface area contributed by atoms with Crippen LogP contribution in [0.5, 0.6) is 0 Å². The minimum Gasteiger partial charge on any atom is -0.314 e. The van der Waals surface area contributed by atoms with E-state index in [0.717, 1.165) is 32.2 Å². The van der Waals surface area contributed by atoms with Gasteiger partial charge in [-0.15, -0.1) is 0 Å². The maximum atomic E-state index is 12.0. The molecule has 18 heavy (non-hydrogen) atoms. The summed E-state index contributed by atoms with van der Waals surface area (Å²) < 4.78 is 26.8. The molecule has 0 saturated heterocycles. The minimum atomic E-state index is -3.11.